The second-order valence-electron chi connectivity index (χ2n) is 2.35. The van der Waals surface area contributed by atoms with Crippen LogP contribution < -0.4 is 0 Å². The van der Waals surface area contributed by atoms with E-state index in [1.165, 1.54) is 0 Å². The van der Waals surface area contributed by atoms with Crippen LogP contribution in [0.3, 0.4) is 0 Å². The van der Waals surface area contributed by atoms with Crippen LogP contribution in [-0.2, 0) is 9.59 Å². The van der Waals surface area contributed by atoms with Gasteiger partial charge < -0.3 is 31.0 Å². The number of carbonyl (C=O) groups is 2. The van der Waals surface area contributed by atoms with Crippen molar-refractivity contribution in [2.24, 2.45) is 0 Å². The highest BCUT2D eigenvalue weighted by Crippen LogP contribution is 2.01. The highest BCUT2D eigenvalue weighted by Gasteiger charge is 2.33. The Morgan fingerprint density at radius 3 is 1.86 bits per heavy atom. The van der Waals surface area contributed by atoms with Crippen LogP contribution in [0.2, 0.25) is 0 Å². The third kappa shape index (κ3) is 3.77. The van der Waals surface area contributed by atoms with Gasteiger partial charge in [-0.05, 0) is 0 Å². The minimum absolute atomic E-state index is 0. The van der Waals surface area contributed by atoms with Gasteiger partial charge in [0.05, 0.1) is 6.61 Å². The van der Waals surface area contributed by atoms with E-state index in [2.05, 4.69) is 0 Å². The van der Waals surface area contributed by atoms with E-state index in [0.29, 0.717) is 0 Å². The summed E-state index contributed by atoms with van der Waals surface area (Å²) in [5, 5.41) is 42.8. The Balaban J connectivity index is 0. The molecule has 14 heavy (non-hydrogen) atoms. The SMILES string of the molecule is O.O=C(O)C(=O)[C@@H](O)C(O)[C@@H](O)CO. The first-order valence-electron chi connectivity index (χ1n) is 3.34. The number of carbonyl (C=O) groups excluding carboxylic acids is 1. The topological polar surface area (TPSA) is 167 Å². The number of carboxylic acids is 1. The van der Waals surface area contributed by atoms with Crippen LogP contribution in [0.15, 0.2) is 0 Å². The third-order valence-corrected chi connectivity index (χ3v) is 1.38. The average Bonchev–Trinajstić information content (AvgIpc) is 2.12. The van der Waals surface area contributed by atoms with Crippen molar-refractivity contribution in [3.63, 3.8) is 0 Å². The van der Waals surface area contributed by atoms with Crippen LogP contribution in [0.4, 0.5) is 0 Å². The van der Waals surface area contributed by atoms with Crippen molar-refractivity contribution in [3.05, 3.63) is 0 Å². The summed E-state index contributed by atoms with van der Waals surface area (Å²) in [6, 6.07) is 0. The van der Waals surface area contributed by atoms with Gasteiger partial charge in [0.15, 0.2) is 6.10 Å². The van der Waals surface area contributed by atoms with Crippen molar-refractivity contribution >= 4 is 11.8 Å². The molecule has 84 valence electrons. The number of hydrogen-bond acceptors (Lipinski definition) is 6. The first-order chi connectivity index (χ1) is 5.91. The summed E-state index contributed by atoms with van der Waals surface area (Å²) in [7, 11) is 0. The zero-order valence-electron chi connectivity index (χ0n) is 6.99. The Kier molecular flexibility index (Phi) is 7.05. The van der Waals surface area contributed by atoms with Crippen molar-refractivity contribution in [1.29, 1.82) is 0 Å². The minimum atomic E-state index is -2.24. The van der Waals surface area contributed by atoms with Gasteiger partial charge in [0.2, 0.25) is 0 Å². The predicted octanol–water partition coefficient (Wildman–Crippen LogP) is -4.11. The number of Topliss-reactive ketones (excluding diaryl/α,β-unsaturated/α-hetero) is 1. The van der Waals surface area contributed by atoms with Gasteiger partial charge in [-0.3, -0.25) is 4.79 Å². The molecule has 0 aliphatic rings. The molecule has 1 unspecified atom stereocenters. The van der Waals surface area contributed by atoms with Gasteiger partial charge in [-0.1, -0.05) is 0 Å². The smallest absolute Gasteiger partial charge is 0.375 e. The molecule has 0 aromatic carbocycles. The maximum absolute atomic E-state index is 10.5. The minimum Gasteiger partial charge on any atom is -0.475 e. The molecular formula is C6H12O8. The number of rotatable bonds is 5. The first kappa shape index (κ1) is 15.4. The molecule has 3 atom stereocenters. The second kappa shape index (κ2) is 6.40. The van der Waals surface area contributed by atoms with E-state index in [9.17, 15) is 9.59 Å². The molecule has 8 heteroatoms. The number of ketones is 1. The van der Waals surface area contributed by atoms with E-state index in [-0.39, 0.29) is 5.48 Å². The van der Waals surface area contributed by atoms with E-state index < -0.39 is 36.7 Å². The summed E-state index contributed by atoms with van der Waals surface area (Å²) in [4.78, 5) is 20.5. The molecule has 7 N–H and O–H groups in total. The molecule has 0 aromatic rings. The summed E-state index contributed by atoms with van der Waals surface area (Å²) in [6.07, 6.45) is -5.99. The van der Waals surface area contributed by atoms with Crippen LogP contribution >= 0.6 is 0 Å². The maximum Gasteiger partial charge on any atom is 0.375 e. The molecule has 0 spiro atoms. The van der Waals surface area contributed by atoms with Gasteiger partial charge >= 0.3 is 5.97 Å². The van der Waals surface area contributed by atoms with Crippen molar-refractivity contribution in [2.75, 3.05) is 6.61 Å². The lowest BCUT2D eigenvalue weighted by Crippen LogP contribution is -2.46. The molecule has 0 bridgehead atoms. The number of hydrogen-bond donors (Lipinski definition) is 5. The van der Waals surface area contributed by atoms with Gasteiger partial charge in [-0.25, -0.2) is 4.79 Å². The van der Waals surface area contributed by atoms with Crippen LogP contribution in [0.1, 0.15) is 0 Å². The van der Waals surface area contributed by atoms with E-state index >= 15 is 0 Å². The quantitative estimate of drug-likeness (QED) is 0.288. The van der Waals surface area contributed by atoms with Crippen molar-refractivity contribution in [2.45, 2.75) is 18.3 Å². The van der Waals surface area contributed by atoms with Gasteiger partial charge in [0.1, 0.15) is 12.2 Å². The average molecular weight is 212 g/mol. The van der Waals surface area contributed by atoms with Gasteiger partial charge in [-0.2, -0.15) is 0 Å². The fourth-order valence-corrected chi connectivity index (χ4v) is 0.600. The lowest BCUT2D eigenvalue weighted by Gasteiger charge is -2.18. The number of aliphatic hydroxyl groups is 4. The van der Waals surface area contributed by atoms with Crippen LogP contribution in [0.5, 0.6) is 0 Å². The van der Waals surface area contributed by atoms with E-state index in [4.69, 9.17) is 25.5 Å². The normalized spacial score (nSPS) is 16.3. The maximum atomic E-state index is 10.5. The fourth-order valence-electron chi connectivity index (χ4n) is 0.600. The Bertz CT molecular complexity index is 202. The standard InChI is InChI=1S/C6H10O7.H2O/c7-1-2(8)3(9)4(10)5(11)6(12)13;/h2-4,7-10H,1H2,(H,12,13);1H2/t2-,3?,4-;/m0./s1. The monoisotopic (exact) mass is 212 g/mol. The summed E-state index contributed by atoms with van der Waals surface area (Å²) in [6.45, 7) is -0.884. The van der Waals surface area contributed by atoms with Gasteiger partial charge in [-0.15, -0.1) is 0 Å². The Hall–Kier alpha value is -1.06. The Labute approximate surface area is 78.3 Å². The molecule has 0 aliphatic carbocycles. The molecule has 0 saturated carbocycles. The molecule has 8 nitrogen and oxygen atoms in total. The Morgan fingerprint density at radius 2 is 1.57 bits per heavy atom. The summed E-state index contributed by atoms with van der Waals surface area (Å²) in [5.74, 6) is -3.56. The molecular weight excluding hydrogens is 200 g/mol. The van der Waals surface area contributed by atoms with Crippen LogP contribution in [-0.4, -0.2) is 67.7 Å². The first-order valence-corrected chi connectivity index (χ1v) is 3.34. The van der Waals surface area contributed by atoms with Crippen LogP contribution in [0.25, 0.3) is 0 Å². The number of aliphatic hydroxyl groups excluding tert-OH is 4. The highest BCUT2D eigenvalue weighted by molar-refractivity contribution is 6.34. The second-order valence-corrected chi connectivity index (χ2v) is 2.35. The van der Waals surface area contributed by atoms with Gasteiger partial charge in [0, 0.05) is 0 Å². The van der Waals surface area contributed by atoms with Crippen molar-refractivity contribution in [1.82, 2.24) is 0 Å². The predicted molar refractivity (Wildman–Crippen MR) is 41.4 cm³/mol. The number of carboxylic acid groups (broad SMARTS) is 1. The largest absolute Gasteiger partial charge is 0.475 e. The lowest BCUT2D eigenvalue weighted by molar-refractivity contribution is -0.159. The van der Waals surface area contributed by atoms with Crippen LogP contribution in [0, 0.1) is 0 Å². The Morgan fingerprint density at radius 1 is 1.14 bits per heavy atom. The van der Waals surface area contributed by atoms with E-state index in [1.807, 2.05) is 0 Å². The third-order valence-electron chi connectivity index (χ3n) is 1.38. The van der Waals surface area contributed by atoms with Crippen molar-refractivity contribution < 1.29 is 40.6 Å². The summed E-state index contributed by atoms with van der Waals surface area (Å²) < 4.78 is 0. The summed E-state index contributed by atoms with van der Waals surface area (Å²) in [5.41, 5.74) is 0. The fraction of sp³-hybridized carbons (Fsp3) is 0.667. The van der Waals surface area contributed by atoms with Crippen molar-refractivity contribution in [3.8, 4) is 0 Å². The molecule has 0 aromatic heterocycles. The number of aliphatic carboxylic acids is 1. The molecule has 0 saturated heterocycles. The zero-order chi connectivity index (χ0) is 10.6. The zero-order valence-corrected chi connectivity index (χ0v) is 6.99. The van der Waals surface area contributed by atoms with Gasteiger partial charge in [0.25, 0.3) is 5.78 Å². The molecule has 0 amide bonds. The lowest BCUT2D eigenvalue weighted by atomic mass is 10.1. The van der Waals surface area contributed by atoms with E-state index in [1.54, 1.807) is 0 Å². The molecule has 0 heterocycles. The van der Waals surface area contributed by atoms with E-state index in [0.717, 1.165) is 0 Å². The summed E-state index contributed by atoms with van der Waals surface area (Å²) >= 11 is 0. The molecule has 0 radical (unpaired) electrons. The highest BCUT2D eigenvalue weighted by atomic mass is 16.4. The molecule has 0 rings (SSSR count). The molecule has 0 fully saturated rings. The molecule has 0 aliphatic heterocycles.